The Bertz CT molecular complexity index is 843. The van der Waals surface area contributed by atoms with E-state index >= 15 is 0 Å². The van der Waals surface area contributed by atoms with Crippen molar-refractivity contribution in [3.63, 3.8) is 0 Å². The van der Waals surface area contributed by atoms with Gasteiger partial charge in [-0.25, -0.2) is 9.59 Å². The molecule has 1 aliphatic carbocycles. The lowest BCUT2D eigenvalue weighted by Crippen LogP contribution is -2.62. The molecule has 1 aromatic carbocycles. The highest BCUT2D eigenvalue weighted by molar-refractivity contribution is 9.10. The summed E-state index contributed by atoms with van der Waals surface area (Å²) in [6, 6.07) is 6.39. The fourth-order valence-electron chi connectivity index (χ4n) is 4.69. The molecule has 0 bridgehead atoms. The molecule has 188 valence electrons. The number of halogens is 1. The summed E-state index contributed by atoms with van der Waals surface area (Å²) < 4.78 is 0.923. The van der Waals surface area contributed by atoms with E-state index in [1.54, 1.807) is 17.0 Å². The molecule has 3 atom stereocenters. The zero-order chi connectivity index (χ0) is 24.7. The monoisotopic (exact) mass is 535 g/mol. The third-order valence-electron chi connectivity index (χ3n) is 7.00. The molecule has 0 aromatic heterocycles. The first-order valence-corrected chi connectivity index (χ1v) is 13.3. The van der Waals surface area contributed by atoms with Crippen molar-refractivity contribution in [2.45, 2.75) is 77.4 Å². The average Bonchev–Trinajstić information content (AvgIpc) is 2.83. The molecule has 5 amide bonds. The molecule has 0 spiro atoms. The number of piperazine rings is 1. The number of benzene rings is 1. The summed E-state index contributed by atoms with van der Waals surface area (Å²) in [7, 11) is 0. The number of nitrogens with zero attached hydrogens (tertiary/aromatic N) is 2. The van der Waals surface area contributed by atoms with Gasteiger partial charge in [-0.05, 0) is 49.9 Å². The number of hydrogen-bond donors (Lipinski definition) is 3. The van der Waals surface area contributed by atoms with Crippen LogP contribution in [0, 0.1) is 5.92 Å². The van der Waals surface area contributed by atoms with Gasteiger partial charge in [0.15, 0.2) is 0 Å². The first-order valence-electron chi connectivity index (χ1n) is 12.5. The summed E-state index contributed by atoms with van der Waals surface area (Å²) in [4.78, 5) is 42.5. The highest BCUT2D eigenvalue weighted by Gasteiger charge is 2.35. The molecule has 3 rings (SSSR count). The van der Waals surface area contributed by atoms with Gasteiger partial charge >= 0.3 is 12.1 Å². The van der Waals surface area contributed by atoms with Crippen molar-refractivity contribution >= 4 is 39.6 Å². The summed E-state index contributed by atoms with van der Waals surface area (Å²) >= 11 is 3.38. The number of anilines is 1. The van der Waals surface area contributed by atoms with E-state index in [9.17, 15) is 14.4 Å². The summed E-state index contributed by atoms with van der Waals surface area (Å²) in [6.45, 7) is 7.37. The van der Waals surface area contributed by atoms with Gasteiger partial charge in [-0.2, -0.15) is 0 Å². The molecule has 1 saturated carbocycles. The van der Waals surface area contributed by atoms with Gasteiger partial charge in [-0.15, -0.1) is 0 Å². The summed E-state index contributed by atoms with van der Waals surface area (Å²) in [6.07, 6.45) is 6.43. The van der Waals surface area contributed by atoms with Crippen LogP contribution in [0.15, 0.2) is 28.7 Å². The highest BCUT2D eigenvalue weighted by atomic mass is 79.9. The van der Waals surface area contributed by atoms with E-state index in [0.717, 1.165) is 23.7 Å². The second kappa shape index (κ2) is 12.4. The zero-order valence-electron chi connectivity index (χ0n) is 20.5. The number of urea groups is 2. The third kappa shape index (κ3) is 7.10. The topological polar surface area (TPSA) is 93.8 Å². The first kappa shape index (κ1) is 26.3. The minimum Gasteiger partial charge on any atom is -0.337 e. The van der Waals surface area contributed by atoms with Gasteiger partial charge in [0.2, 0.25) is 5.91 Å². The van der Waals surface area contributed by atoms with Crippen molar-refractivity contribution in [1.82, 2.24) is 20.4 Å². The van der Waals surface area contributed by atoms with Gasteiger partial charge in [0.1, 0.15) is 6.04 Å². The van der Waals surface area contributed by atoms with Crippen LogP contribution >= 0.6 is 15.9 Å². The van der Waals surface area contributed by atoms with Crippen LogP contribution in [0.25, 0.3) is 0 Å². The number of nitrogens with one attached hydrogen (secondary N) is 3. The molecule has 1 heterocycles. The molecule has 1 saturated heterocycles. The van der Waals surface area contributed by atoms with Crippen LogP contribution in [0.1, 0.15) is 59.3 Å². The quantitative estimate of drug-likeness (QED) is 0.498. The fraction of sp³-hybridized carbons (Fsp3) is 0.640. The van der Waals surface area contributed by atoms with E-state index in [1.165, 1.54) is 19.3 Å². The smallest absolute Gasteiger partial charge is 0.319 e. The number of hydrogen-bond acceptors (Lipinski definition) is 3. The van der Waals surface area contributed by atoms with Crippen molar-refractivity contribution in [3.8, 4) is 0 Å². The third-order valence-corrected chi connectivity index (χ3v) is 7.53. The number of carbonyl (C=O) groups is 3. The Kier molecular flexibility index (Phi) is 9.62. The van der Waals surface area contributed by atoms with E-state index < -0.39 is 12.1 Å². The van der Waals surface area contributed by atoms with Gasteiger partial charge in [0, 0.05) is 41.9 Å². The van der Waals surface area contributed by atoms with Gasteiger partial charge in [-0.1, -0.05) is 55.5 Å². The van der Waals surface area contributed by atoms with Crippen LogP contribution in [0.5, 0.6) is 0 Å². The highest BCUT2D eigenvalue weighted by Crippen LogP contribution is 2.20. The fourth-order valence-corrected chi connectivity index (χ4v) is 4.95. The molecule has 2 aliphatic rings. The summed E-state index contributed by atoms with van der Waals surface area (Å²) in [5.74, 6) is -0.120. The second-order valence-electron chi connectivity index (χ2n) is 9.58. The van der Waals surface area contributed by atoms with E-state index in [4.69, 9.17) is 0 Å². The van der Waals surface area contributed by atoms with Crippen molar-refractivity contribution in [2.75, 3.05) is 25.0 Å². The largest absolute Gasteiger partial charge is 0.337 e. The normalized spacial score (nSPS) is 20.9. The van der Waals surface area contributed by atoms with Crippen molar-refractivity contribution < 1.29 is 14.4 Å². The van der Waals surface area contributed by atoms with E-state index in [0.29, 0.717) is 25.3 Å². The second-order valence-corrected chi connectivity index (χ2v) is 10.5. The number of rotatable bonds is 6. The van der Waals surface area contributed by atoms with Crippen molar-refractivity contribution in [2.24, 2.45) is 5.92 Å². The lowest BCUT2D eigenvalue weighted by molar-refractivity contribution is -0.136. The average molecular weight is 537 g/mol. The SMILES string of the molecule is CC[C@H](C)[C@H](NC(=O)Nc1ccc(Br)cc1)C(=O)N1CCN(C(=O)NC2CCCCC2)[C@@H](C)C1. The Morgan fingerprint density at radius 3 is 2.38 bits per heavy atom. The molecular weight excluding hydrogens is 498 g/mol. The Balaban J connectivity index is 1.57. The Hall–Kier alpha value is -2.29. The predicted octanol–water partition coefficient (Wildman–Crippen LogP) is 4.56. The lowest BCUT2D eigenvalue weighted by Gasteiger charge is -2.42. The van der Waals surface area contributed by atoms with E-state index in [-0.39, 0.29) is 29.9 Å². The van der Waals surface area contributed by atoms with Crippen LogP contribution in [0.2, 0.25) is 0 Å². The molecule has 0 unspecified atom stereocenters. The number of carbonyl (C=O) groups excluding carboxylic acids is 3. The van der Waals surface area contributed by atoms with Crippen LogP contribution in [0.3, 0.4) is 0 Å². The maximum atomic E-state index is 13.4. The maximum Gasteiger partial charge on any atom is 0.319 e. The van der Waals surface area contributed by atoms with Crippen molar-refractivity contribution in [1.29, 1.82) is 0 Å². The summed E-state index contributed by atoms with van der Waals surface area (Å²) in [5, 5.41) is 8.87. The van der Waals surface area contributed by atoms with Crippen LogP contribution in [-0.4, -0.2) is 65.5 Å². The van der Waals surface area contributed by atoms with Gasteiger partial charge in [0.05, 0.1) is 0 Å². The van der Waals surface area contributed by atoms with Gasteiger partial charge < -0.3 is 25.8 Å². The molecule has 34 heavy (non-hydrogen) atoms. The Morgan fingerprint density at radius 1 is 1.09 bits per heavy atom. The molecular formula is C25H38BrN5O3. The molecule has 9 heteroatoms. The zero-order valence-corrected chi connectivity index (χ0v) is 22.1. The Morgan fingerprint density at radius 2 is 1.76 bits per heavy atom. The van der Waals surface area contributed by atoms with E-state index in [2.05, 4.69) is 31.9 Å². The molecule has 2 fully saturated rings. The summed E-state index contributed by atoms with van der Waals surface area (Å²) in [5.41, 5.74) is 0.655. The van der Waals surface area contributed by atoms with E-state index in [1.807, 2.05) is 37.8 Å². The minimum absolute atomic E-state index is 0.0221. The Labute approximate surface area is 211 Å². The van der Waals surface area contributed by atoms with Crippen LogP contribution in [0.4, 0.5) is 15.3 Å². The molecule has 8 nitrogen and oxygen atoms in total. The maximum absolute atomic E-state index is 13.4. The minimum atomic E-state index is -0.629. The number of amides is 5. The predicted molar refractivity (Wildman–Crippen MR) is 138 cm³/mol. The standard InChI is InChI=1S/C25H38BrN5O3/c1-4-17(2)22(29-24(33)27-21-12-10-19(26)11-13-21)23(32)30-14-15-31(18(3)16-30)25(34)28-20-8-6-5-7-9-20/h10-13,17-18,20,22H,4-9,14-16H2,1-3H3,(H,28,34)(H2,27,29,33)/t17-,18-,22-/m0/s1. The van der Waals surface area contributed by atoms with Gasteiger partial charge in [-0.3, -0.25) is 4.79 Å². The molecule has 1 aliphatic heterocycles. The first-order chi connectivity index (χ1) is 16.3. The lowest BCUT2D eigenvalue weighted by atomic mass is 9.95. The van der Waals surface area contributed by atoms with Crippen LogP contribution in [-0.2, 0) is 4.79 Å². The molecule has 1 aromatic rings. The van der Waals surface area contributed by atoms with Gasteiger partial charge in [0.25, 0.3) is 0 Å². The molecule has 3 N–H and O–H groups in total. The van der Waals surface area contributed by atoms with Crippen LogP contribution < -0.4 is 16.0 Å². The molecule has 0 radical (unpaired) electrons. The van der Waals surface area contributed by atoms with Crippen molar-refractivity contribution in [3.05, 3.63) is 28.7 Å².